The number of halogens is 2. The SMILES string of the molecule is CC1CCCN(C(=O)c2cc(F)ccc2-c2ncccn2)C1CNc1nc2cc(Cl)ccc2o1. The first-order chi connectivity index (χ1) is 16.5. The molecule has 7 nitrogen and oxygen atoms in total. The summed E-state index contributed by atoms with van der Waals surface area (Å²) in [5.41, 5.74) is 2.05. The molecule has 2 unspecified atom stereocenters. The van der Waals surface area contributed by atoms with Gasteiger partial charge >= 0.3 is 0 Å². The van der Waals surface area contributed by atoms with Crippen LogP contribution in [0, 0.1) is 11.7 Å². The number of carbonyl (C=O) groups excluding carboxylic acids is 1. The van der Waals surface area contributed by atoms with Crippen molar-refractivity contribution in [3.8, 4) is 11.4 Å². The summed E-state index contributed by atoms with van der Waals surface area (Å²) in [6, 6.07) is 11.3. The minimum Gasteiger partial charge on any atom is -0.424 e. The summed E-state index contributed by atoms with van der Waals surface area (Å²) < 4.78 is 20.0. The average molecular weight is 480 g/mol. The number of rotatable bonds is 5. The number of nitrogens with one attached hydrogen (secondary N) is 1. The number of carbonyl (C=O) groups is 1. The maximum Gasteiger partial charge on any atom is 0.295 e. The number of hydrogen-bond donors (Lipinski definition) is 1. The number of likely N-dealkylation sites (tertiary alicyclic amines) is 1. The van der Waals surface area contributed by atoms with Gasteiger partial charge in [-0.1, -0.05) is 18.5 Å². The molecule has 0 aliphatic carbocycles. The van der Waals surface area contributed by atoms with Crippen molar-refractivity contribution in [2.75, 3.05) is 18.4 Å². The fourth-order valence-electron chi connectivity index (χ4n) is 4.46. The Morgan fingerprint density at radius 1 is 1.24 bits per heavy atom. The van der Waals surface area contributed by atoms with Gasteiger partial charge in [0, 0.05) is 36.1 Å². The molecule has 2 aromatic heterocycles. The van der Waals surface area contributed by atoms with E-state index in [0.717, 1.165) is 12.8 Å². The lowest BCUT2D eigenvalue weighted by Gasteiger charge is -2.40. The van der Waals surface area contributed by atoms with E-state index in [1.807, 2.05) is 4.90 Å². The fourth-order valence-corrected chi connectivity index (χ4v) is 4.63. The zero-order valence-corrected chi connectivity index (χ0v) is 19.3. The predicted octanol–water partition coefficient (Wildman–Crippen LogP) is 5.43. The van der Waals surface area contributed by atoms with Crippen LogP contribution in [0.5, 0.6) is 0 Å². The molecule has 0 radical (unpaired) electrons. The van der Waals surface area contributed by atoms with E-state index < -0.39 is 5.82 Å². The number of piperidine rings is 1. The number of aromatic nitrogens is 3. The predicted molar refractivity (Wildman–Crippen MR) is 128 cm³/mol. The number of nitrogens with zero attached hydrogens (tertiary/aromatic N) is 4. The van der Waals surface area contributed by atoms with Crippen molar-refractivity contribution >= 4 is 34.6 Å². The molecule has 4 aromatic rings. The van der Waals surface area contributed by atoms with Crippen LogP contribution in [0.4, 0.5) is 10.4 Å². The van der Waals surface area contributed by atoms with Crippen molar-refractivity contribution in [1.29, 1.82) is 0 Å². The lowest BCUT2D eigenvalue weighted by atomic mass is 9.89. The first-order valence-corrected chi connectivity index (χ1v) is 11.6. The van der Waals surface area contributed by atoms with Crippen molar-refractivity contribution in [2.45, 2.75) is 25.8 Å². The van der Waals surface area contributed by atoms with Crippen LogP contribution in [0.25, 0.3) is 22.5 Å². The summed E-state index contributed by atoms with van der Waals surface area (Å²) in [7, 11) is 0. The van der Waals surface area contributed by atoms with E-state index in [1.54, 1.807) is 42.7 Å². The molecule has 2 aromatic carbocycles. The second kappa shape index (κ2) is 9.38. The number of amides is 1. The van der Waals surface area contributed by atoms with Crippen LogP contribution in [0.1, 0.15) is 30.1 Å². The third kappa shape index (κ3) is 4.46. The topological polar surface area (TPSA) is 84.2 Å². The molecule has 0 bridgehead atoms. The van der Waals surface area contributed by atoms with Crippen molar-refractivity contribution in [3.05, 3.63) is 71.3 Å². The van der Waals surface area contributed by atoms with Gasteiger partial charge in [0.1, 0.15) is 11.3 Å². The highest BCUT2D eigenvalue weighted by molar-refractivity contribution is 6.31. The summed E-state index contributed by atoms with van der Waals surface area (Å²) in [4.78, 5) is 28.5. The number of hydrogen-bond acceptors (Lipinski definition) is 6. The molecular formula is C25H23ClFN5O2. The second-order valence-electron chi connectivity index (χ2n) is 8.46. The summed E-state index contributed by atoms with van der Waals surface area (Å²) in [6.07, 6.45) is 5.06. The van der Waals surface area contributed by atoms with E-state index >= 15 is 0 Å². The number of benzene rings is 2. The van der Waals surface area contributed by atoms with Crippen LogP contribution >= 0.6 is 11.6 Å². The van der Waals surface area contributed by atoms with Crippen molar-refractivity contribution in [3.63, 3.8) is 0 Å². The van der Waals surface area contributed by atoms with E-state index in [0.29, 0.717) is 46.6 Å². The molecule has 1 aliphatic rings. The van der Waals surface area contributed by atoms with Gasteiger partial charge in [0.2, 0.25) is 0 Å². The number of fused-ring (bicyclic) bond motifs is 1. The highest BCUT2D eigenvalue weighted by Crippen LogP contribution is 2.29. The van der Waals surface area contributed by atoms with Crippen molar-refractivity contribution in [1.82, 2.24) is 19.9 Å². The molecule has 2 atom stereocenters. The van der Waals surface area contributed by atoms with Gasteiger partial charge in [0.25, 0.3) is 11.9 Å². The van der Waals surface area contributed by atoms with E-state index in [9.17, 15) is 9.18 Å². The third-order valence-electron chi connectivity index (χ3n) is 6.21. The Balaban J connectivity index is 1.41. The molecule has 0 saturated carbocycles. The zero-order chi connectivity index (χ0) is 23.7. The quantitative estimate of drug-likeness (QED) is 0.411. The standard InChI is InChI=1S/C25H23ClFN5O2/c1-15-4-2-11-32(21(15)14-30-25-31-20-12-16(26)5-8-22(20)34-25)24(33)19-13-17(27)6-7-18(19)23-28-9-3-10-29-23/h3,5-10,12-13,15,21H,2,4,11,14H2,1H3,(H,30,31). The molecule has 1 fully saturated rings. The Hall–Kier alpha value is -3.52. The van der Waals surface area contributed by atoms with Crippen LogP contribution in [-0.2, 0) is 0 Å². The van der Waals surface area contributed by atoms with Gasteiger partial charge in [-0.3, -0.25) is 4.79 Å². The molecule has 1 aliphatic heterocycles. The highest BCUT2D eigenvalue weighted by atomic mass is 35.5. The molecule has 0 spiro atoms. The smallest absolute Gasteiger partial charge is 0.295 e. The number of anilines is 1. The van der Waals surface area contributed by atoms with Crippen LogP contribution in [0.15, 0.2) is 59.3 Å². The van der Waals surface area contributed by atoms with E-state index in [-0.39, 0.29) is 23.4 Å². The van der Waals surface area contributed by atoms with Gasteiger partial charge in [-0.15, -0.1) is 0 Å². The molecular weight excluding hydrogens is 457 g/mol. The van der Waals surface area contributed by atoms with Crippen LogP contribution in [0.3, 0.4) is 0 Å². The number of oxazole rings is 1. The lowest BCUT2D eigenvalue weighted by Crippen LogP contribution is -2.51. The van der Waals surface area contributed by atoms with Gasteiger partial charge in [-0.25, -0.2) is 14.4 Å². The Bertz CT molecular complexity index is 1330. The van der Waals surface area contributed by atoms with Crippen LogP contribution in [-0.4, -0.2) is 44.9 Å². The second-order valence-corrected chi connectivity index (χ2v) is 8.90. The largest absolute Gasteiger partial charge is 0.424 e. The van der Waals surface area contributed by atoms with E-state index in [1.165, 1.54) is 12.1 Å². The highest BCUT2D eigenvalue weighted by Gasteiger charge is 2.34. The van der Waals surface area contributed by atoms with E-state index in [2.05, 4.69) is 27.2 Å². The summed E-state index contributed by atoms with van der Waals surface area (Å²) in [5.74, 6) is -0.109. The lowest BCUT2D eigenvalue weighted by molar-refractivity contribution is 0.0539. The van der Waals surface area contributed by atoms with Crippen LogP contribution < -0.4 is 5.32 Å². The fraction of sp³-hybridized carbons (Fsp3) is 0.280. The molecule has 1 saturated heterocycles. The third-order valence-corrected chi connectivity index (χ3v) is 6.44. The summed E-state index contributed by atoms with van der Waals surface area (Å²) >= 11 is 6.04. The molecule has 3 heterocycles. The first kappa shape index (κ1) is 22.3. The average Bonchev–Trinajstić information content (AvgIpc) is 3.25. The van der Waals surface area contributed by atoms with Crippen LogP contribution in [0.2, 0.25) is 5.02 Å². The minimum absolute atomic E-state index is 0.132. The molecule has 174 valence electrons. The van der Waals surface area contributed by atoms with Gasteiger partial charge in [0.05, 0.1) is 11.6 Å². The Labute approximate surface area is 201 Å². The van der Waals surface area contributed by atoms with Crippen molar-refractivity contribution < 1.29 is 13.6 Å². The summed E-state index contributed by atoms with van der Waals surface area (Å²) in [6.45, 7) is 3.13. The van der Waals surface area contributed by atoms with Gasteiger partial charge in [-0.2, -0.15) is 4.98 Å². The van der Waals surface area contributed by atoms with Crippen molar-refractivity contribution in [2.24, 2.45) is 5.92 Å². The van der Waals surface area contributed by atoms with Gasteiger partial charge in [0.15, 0.2) is 11.4 Å². The zero-order valence-electron chi connectivity index (χ0n) is 18.5. The normalized spacial score (nSPS) is 18.3. The van der Waals surface area contributed by atoms with Gasteiger partial charge in [-0.05, 0) is 61.2 Å². The monoisotopic (exact) mass is 479 g/mol. The molecule has 1 N–H and O–H groups in total. The van der Waals surface area contributed by atoms with Gasteiger partial charge < -0.3 is 14.6 Å². The molecule has 9 heteroatoms. The maximum absolute atomic E-state index is 14.2. The molecule has 1 amide bonds. The Morgan fingerprint density at radius 3 is 2.88 bits per heavy atom. The molecule has 34 heavy (non-hydrogen) atoms. The maximum atomic E-state index is 14.2. The Morgan fingerprint density at radius 2 is 2.06 bits per heavy atom. The summed E-state index contributed by atoms with van der Waals surface area (Å²) in [5, 5.41) is 3.82. The molecule has 5 rings (SSSR count). The Kier molecular flexibility index (Phi) is 6.15. The van der Waals surface area contributed by atoms with E-state index in [4.69, 9.17) is 16.0 Å². The first-order valence-electron chi connectivity index (χ1n) is 11.2. The minimum atomic E-state index is -0.479.